The average Bonchev–Trinajstić information content (AvgIpc) is 2.97. The first kappa shape index (κ1) is 18.0. The largest absolute Gasteiger partial charge is 0.456 e. The summed E-state index contributed by atoms with van der Waals surface area (Å²) in [6.45, 7) is 1.38. The van der Waals surface area contributed by atoms with Crippen molar-refractivity contribution < 1.29 is 19.1 Å². The molecule has 2 amide bonds. The first-order valence-electron chi connectivity index (χ1n) is 6.85. The second-order valence-electron chi connectivity index (χ2n) is 4.65. The number of hydrogen-bond donors (Lipinski definition) is 2. The van der Waals surface area contributed by atoms with Gasteiger partial charge in [-0.15, -0.1) is 23.1 Å². The molecule has 0 bridgehead atoms. The van der Waals surface area contributed by atoms with Crippen molar-refractivity contribution in [2.45, 2.75) is 18.4 Å². The maximum atomic E-state index is 12.2. The summed E-state index contributed by atoms with van der Waals surface area (Å²) in [6.07, 6.45) is 0. The molecule has 3 N–H and O–H groups in total. The summed E-state index contributed by atoms with van der Waals surface area (Å²) in [5.74, 6) is -1.11. The van der Waals surface area contributed by atoms with Crippen LogP contribution < -0.4 is 11.1 Å². The van der Waals surface area contributed by atoms with E-state index in [0.29, 0.717) is 21.3 Å². The molecule has 0 unspecified atom stereocenters. The lowest BCUT2D eigenvalue weighted by atomic mass is 10.2. The molecule has 24 heavy (non-hydrogen) atoms. The number of nitrogens with two attached hydrogens (primary N) is 1. The van der Waals surface area contributed by atoms with E-state index in [0.717, 1.165) is 0 Å². The van der Waals surface area contributed by atoms with Crippen molar-refractivity contribution in [3.63, 3.8) is 0 Å². The number of nitrogens with zero attached hydrogens (tertiary/aromatic N) is 1. The zero-order valence-electron chi connectivity index (χ0n) is 12.8. The number of thioether (sulfide) groups is 1. The minimum Gasteiger partial charge on any atom is -0.456 e. The third-order valence-electron chi connectivity index (χ3n) is 2.66. The third kappa shape index (κ3) is 5.36. The molecule has 0 fully saturated rings. The highest BCUT2D eigenvalue weighted by molar-refractivity contribution is 8.00. The number of carbonyl (C=O) groups excluding carboxylic acids is 3. The predicted molar refractivity (Wildman–Crippen MR) is 91.9 cm³/mol. The molecule has 0 aliphatic rings. The molecule has 0 radical (unpaired) electrons. The van der Waals surface area contributed by atoms with Crippen LogP contribution in [0.4, 0.5) is 5.13 Å². The molecule has 126 valence electrons. The molecule has 7 nitrogen and oxygen atoms in total. The van der Waals surface area contributed by atoms with Crippen LogP contribution in [-0.2, 0) is 20.9 Å². The van der Waals surface area contributed by atoms with E-state index in [9.17, 15) is 14.4 Å². The van der Waals surface area contributed by atoms with Gasteiger partial charge in [-0.25, -0.2) is 9.78 Å². The van der Waals surface area contributed by atoms with Gasteiger partial charge in [0.1, 0.15) is 6.61 Å². The molecular formula is C15H15N3O4S2. The molecule has 0 spiro atoms. The Kier molecular flexibility index (Phi) is 6.33. The number of nitrogens with one attached hydrogen (secondary N) is 1. The monoisotopic (exact) mass is 365 g/mol. The molecule has 1 heterocycles. The van der Waals surface area contributed by atoms with Gasteiger partial charge in [-0.2, -0.15) is 0 Å². The van der Waals surface area contributed by atoms with Crippen LogP contribution in [0, 0.1) is 0 Å². The molecule has 0 saturated heterocycles. The number of anilines is 1. The molecule has 9 heteroatoms. The number of benzene rings is 1. The zero-order chi connectivity index (χ0) is 17.5. The lowest BCUT2D eigenvalue weighted by molar-refractivity contribution is -0.116. The summed E-state index contributed by atoms with van der Waals surface area (Å²) in [4.78, 5) is 38.8. The van der Waals surface area contributed by atoms with Crippen LogP contribution in [0.3, 0.4) is 0 Å². The number of rotatable bonds is 7. The average molecular weight is 365 g/mol. The van der Waals surface area contributed by atoms with E-state index in [-0.39, 0.29) is 18.3 Å². The first-order valence-corrected chi connectivity index (χ1v) is 8.71. The molecule has 0 aliphatic carbocycles. The number of hydrogen-bond acceptors (Lipinski definition) is 7. The van der Waals surface area contributed by atoms with Gasteiger partial charge in [-0.3, -0.25) is 9.59 Å². The Morgan fingerprint density at radius 3 is 2.79 bits per heavy atom. The van der Waals surface area contributed by atoms with Crippen LogP contribution in [0.25, 0.3) is 0 Å². The third-order valence-corrected chi connectivity index (χ3v) is 4.57. The minimum atomic E-state index is -0.517. The lowest BCUT2D eigenvalue weighted by Gasteiger charge is -2.08. The van der Waals surface area contributed by atoms with Crippen molar-refractivity contribution in [3.8, 4) is 0 Å². The summed E-state index contributed by atoms with van der Waals surface area (Å²) in [5, 5.41) is 4.71. The fraction of sp³-hybridized carbons (Fsp3) is 0.200. The van der Waals surface area contributed by atoms with Crippen LogP contribution >= 0.6 is 23.1 Å². The second-order valence-corrected chi connectivity index (χ2v) is 6.53. The Bertz CT molecular complexity index is 761. The number of amides is 2. The number of primary amides is 1. The molecule has 1 aromatic heterocycles. The number of aromatic nitrogens is 1. The maximum Gasteiger partial charge on any atom is 0.339 e. The van der Waals surface area contributed by atoms with Crippen LogP contribution in [-0.4, -0.2) is 28.5 Å². The van der Waals surface area contributed by atoms with Crippen LogP contribution in [0.5, 0.6) is 0 Å². The number of carbonyl (C=O) groups is 3. The molecule has 0 atom stereocenters. The highest BCUT2D eigenvalue weighted by atomic mass is 32.2. The maximum absolute atomic E-state index is 12.2. The Morgan fingerprint density at radius 1 is 1.33 bits per heavy atom. The van der Waals surface area contributed by atoms with Crippen molar-refractivity contribution in [2.24, 2.45) is 5.73 Å². The van der Waals surface area contributed by atoms with Gasteiger partial charge in [-0.1, -0.05) is 12.1 Å². The standard InChI is InChI=1S/C15H15N3O4S2/c1-9(19)17-15-18-10(7-24-15)6-22-14(21)11-4-2-3-5-12(11)23-8-13(16)20/h2-5,7H,6,8H2,1H3,(H2,16,20)(H,17,18,19). The van der Waals surface area contributed by atoms with E-state index in [1.165, 1.54) is 30.0 Å². The SMILES string of the molecule is CC(=O)Nc1nc(COC(=O)c2ccccc2SCC(N)=O)cs1. The van der Waals surface area contributed by atoms with E-state index in [1.807, 2.05) is 0 Å². The molecule has 2 rings (SSSR count). The van der Waals surface area contributed by atoms with E-state index in [2.05, 4.69) is 10.3 Å². The van der Waals surface area contributed by atoms with Crippen molar-refractivity contribution in [1.82, 2.24) is 4.98 Å². The lowest BCUT2D eigenvalue weighted by Crippen LogP contribution is -2.14. The summed E-state index contributed by atoms with van der Waals surface area (Å²) < 4.78 is 5.24. The van der Waals surface area contributed by atoms with Gasteiger partial charge < -0.3 is 15.8 Å². The van der Waals surface area contributed by atoms with Crippen molar-refractivity contribution in [3.05, 3.63) is 40.9 Å². The van der Waals surface area contributed by atoms with Crippen LogP contribution in [0.2, 0.25) is 0 Å². The van der Waals surface area contributed by atoms with E-state index >= 15 is 0 Å². The Morgan fingerprint density at radius 2 is 2.08 bits per heavy atom. The highest BCUT2D eigenvalue weighted by Gasteiger charge is 2.14. The van der Waals surface area contributed by atoms with Gasteiger partial charge in [0.15, 0.2) is 5.13 Å². The Labute approximate surface area is 146 Å². The molecule has 0 aliphatic heterocycles. The van der Waals surface area contributed by atoms with E-state index < -0.39 is 11.9 Å². The predicted octanol–water partition coefficient (Wildman–Crippen LogP) is 2.04. The molecule has 1 aromatic carbocycles. The zero-order valence-corrected chi connectivity index (χ0v) is 14.4. The van der Waals surface area contributed by atoms with Gasteiger partial charge >= 0.3 is 5.97 Å². The Hall–Kier alpha value is -2.39. The first-order chi connectivity index (χ1) is 11.5. The molecular weight excluding hydrogens is 350 g/mol. The van der Waals surface area contributed by atoms with Gasteiger partial charge in [0.05, 0.1) is 17.0 Å². The summed E-state index contributed by atoms with van der Waals surface area (Å²) in [5.41, 5.74) is 6.03. The van der Waals surface area contributed by atoms with Gasteiger partial charge in [0.2, 0.25) is 11.8 Å². The number of esters is 1. The Balaban J connectivity index is 1.98. The fourth-order valence-corrected chi connectivity index (χ4v) is 3.23. The van der Waals surface area contributed by atoms with Crippen LogP contribution in [0.1, 0.15) is 23.0 Å². The van der Waals surface area contributed by atoms with Crippen molar-refractivity contribution >= 4 is 46.0 Å². The van der Waals surface area contributed by atoms with E-state index in [1.54, 1.807) is 29.6 Å². The van der Waals surface area contributed by atoms with Crippen molar-refractivity contribution in [1.29, 1.82) is 0 Å². The second kappa shape index (κ2) is 8.46. The smallest absolute Gasteiger partial charge is 0.339 e. The van der Waals surface area contributed by atoms with Gasteiger partial charge in [0, 0.05) is 17.2 Å². The quantitative estimate of drug-likeness (QED) is 0.574. The topological polar surface area (TPSA) is 111 Å². The van der Waals surface area contributed by atoms with Gasteiger partial charge in [0.25, 0.3) is 0 Å². The number of ether oxygens (including phenoxy) is 1. The summed E-state index contributed by atoms with van der Waals surface area (Å²) >= 11 is 2.43. The number of thiazole rings is 1. The normalized spacial score (nSPS) is 10.2. The van der Waals surface area contributed by atoms with Crippen molar-refractivity contribution in [2.75, 3.05) is 11.1 Å². The van der Waals surface area contributed by atoms with Crippen LogP contribution in [0.15, 0.2) is 34.5 Å². The fourth-order valence-electron chi connectivity index (χ4n) is 1.71. The summed E-state index contributed by atoms with van der Waals surface area (Å²) in [6, 6.07) is 6.82. The summed E-state index contributed by atoms with van der Waals surface area (Å²) in [7, 11) is 0. The van der Waals surface area contributed by atoms with E-state index in [4.69, 9.17) is 10.5 Å². The molecule has 2 aromatic rings. The highest BCUT2D eigenvalue weighted by Crippen LogP contribution is 2.23. The molecule has 0 saturated carbocycles. The van der Waals surface area contributed by atoms with Gasteiger partial charge in [-0.05, 0) is 12.1 Å². The minimum absolute atomic E-state index is 0.0102.